The van der Waals surface area contributed by atoms with Gasteiger partial charge in [-0.1, -0.05) is 0 Å². The minimum Gasteiger partial charge on any atom is -0.339 e. The van der Waals surface area contributed by atoms with Gasteiger partial charge in [0.2, 0.25) is 11.9 Å². The Kier molecular flexibility index (Phi) is 2.44. The minimum atomic E-state index is -0.868. The van der Waals surface area contributed by atoms with Gasteiger partial charge in [-0.2, -0.15) is 13.8 Å². The van der Waals surface area contributed by atoms with E-state index in [0.29, 0.717) is 16.9 Å². The van der Waals surface area contributed by atoms with Crippen LogP contribution in [0.3, 0.4) is 0 Å². The molecule has 0 aliphatic heterocycles. The number of fused-ring (bicyclic) bond motifs is 3. The van der Waals surface area contributed by atoms with Crippen molar-refractivity contribution in [1.82, 2.24) is 19.9 Å². The average molecular weight is 282 g/mol. The molecule has 1 N–H and O–H groups in total. The van der Waals surface area contributed by atoms with E-state index in [1.165, 1.54) is 0 Å². The van der Waals surface area contributed by atoms with Gasteiger partial charge >= 0.3 is 0 Å². The molecular weight excluding hydrogens is 274 g/mol. The number of nitrogens with one attached hydrogen (secondary N) is 1. The highest BCUT2D eigenvalue weighted by atomic mass is 19.1. The van der Waals surface area contributed by atoms with E-state index in [2.05, 4.69) is 19.9 Å². The second-order valence-electron chi connectivity index (χ2n) is 4.64. The molecule has 4 aromatic heterocycles. The lowest BCUT2D eigenvalue weighted by atomic mass is 10.1. The Morgan fingerprint density at radius 2 is 1.71 bits per heavy atom. The Bertz CT molecular complexity index is 958. The minimum absolute atomic E-state index is 0.346. The van der Waals surface area contributed by atoms with E-state index >= 15 is 0 Å². The zero-order valence-corrected chi connectivity index (χ0v) is 10.6. The maximum atomic E-state index is 13.2. The van der Waals surface area contributed by atoms with Crippen LogP contribution in [0.4, 0.5) is 8.78 Å². The van der Waals surface area contributed by atoms with Gasteiger partial charge in [-0.05, 0) is 18.2 Å². The molecule has 0 saturated carbocycles. The number of aromatic amines is 1. The molecular formula is C15H8F2N4. The molecule has 0 saturated heterocycles. The van der Waals surface area contributed by atoms with Gasteiger partial charge in [-0.3, -0.25) is 4.98 Å². The van der Waals surface area contributed by atoms with Gasteiger partial charge in [0.25, 0.3) is 0 Å². The molecule has 4 nitrogen and oxygen atoms in total. The third-order valence-electron chi connectivity index (χ3n) is 3.32. The number of aromatic nitrogens is 4. The summed E-state index contributed by atoms with van der Waals surface area (Å²) in [5.74, 6) is -1.74. The second-order valence-corrected chi connectivity index (χ2v) is 4.64. The van der Waals surface area contributed by atoms with Crippen LogP contribution in [0.5, 0.6) is 0 Å². The first-order valence-corrected chi connectivity index (χ1v) is 6.26. The first kappa shape index (κ1) is 11.9. The summed E-state index contributed by atoms with van der Waals surface area (Å²) in [6.07, 6.45) is 3.44. The summed E-state index contributed by atoms with van der Waals surface area (Å²) in [5, 5.41) is 1.87. The van der Waals surface area contributed by atoms with Crippen LogP contribution < -0.4 is 0 Å². The zero-order chi connectivity index (χ0) is 14.4. The fourth-order valence-electron chi connectivity index (χ4n) is 2.39. The first-order valence-electron chi connectivity index (χ1n) is 6.26. The van der Waals surface area contributed by atoms with Crippen LogP contribution in [-0.4, -0.2) is 19.9 Å². The molecule has 0 radical (unpaired) electrons. The summed E-state index contributed by atoms with van der Waals surface area (Å²) in [7, 11) is 0. The maximum Gasteiger partial charge on any atom is 0.216 e. The number of hydrogen-bond acceptors (Lipinski definition) is 3. The Hall–Kier alpha value is -2.89. The highest BCUT2D eigenvalue weighted by Crippen LogP contribution is 2.26. The van der Waals surface area contributed by atoms with Crippen molar-refractivity contribution in [2.75, 3.05) is 0 Å². The van der Waals surface area contributed by atoms with Crippen molar-refractivity contribution in [3.8, 4) is 11.3 Å². The van der Waals surface area contributed by atoms with Crippen molar-refractivity contribution < 1.29 is 8.78 Å². The van der Waals surface area contributed by atoms with Crippen molar-refractivity contribution >= 4 is 21.9 Å². The molecule has 0 bridgehead atoms. The fourth-order valence-corrected chi connectivity index (χ4v) is 2.39. The van der Waals surface area contributed by atoms with E-state index in [1.54, 1.807) is 18.5 Å². The molecule has 0 fully saturated rings. The van der Waals surface area contributed by atoms with Gasteiger partial charge < -0.3 is 4.98 Å². The lowest BCUT2D eigenvalue weighted by Crippen LogP contribution is -1.91. The monoisotopic (exact) mass is 282 g/mol. The molecule has 0 amide bonds. The number of H-pyrrole nitrogens is 1. The van der Waals surface area contributed by atoms with Crippen LogP contribution >= 0.6 is 0 Å². The van der Waals surface area contributed by atoms with E-state index in [0.717, 1.165) is 28.4 Å². The van der Waals surface area contributed by atoms with Crippen molar-refractivity contribution in [2.45, 2.75) is 0 Å². The standard InChI is InChI=1S/C15H8F2N4/c16-13-5-8(6-14(17)21-13)11-2-1-9-10-7-18-4-3-12(10)20-15(9)19-11/h1-7H,(H,19,20)/i16+0,17+0. The summed E-state index contributed by atoms with van der Waals surface area (Å²) in [5.41, 5.74) is 2.38. The molecule has 21 heavy (non-hydrogen) atoms. The summed E-state index contributed by atoms with van der Waals surface area (Å²) >= 11 is 0. The largest absolute Gasteiger partial charge is 0.339 e. The van der Waals surface area contributed by atoms with Crippen LogP contribution in [-0.2, 0) is 0 Å². The fraction of sp³-hybridized carbons (Fsp3) is 0. The normalized spacial score (nSPS) is 11.3. The number of nitrogens with zero attached hydrogens (tertiary/aromatic N) is 3. The summed E-state index contributed by atoms with van der Waals surface area (Å²) in [6, 6.07) is 7.73. The van der Waals surface area contributed by atoms with Gasteiger partial charge in [0, 0.05) is 40.9 Å². The van der Waals surface area contributed by atoms with E-state index in [-0.39, 0.29) is 0 Å². The predicted octanol–water partition coefficient (Wildman–Crippen LogP) is 3.45. The van der Waals surface area contributed by atoms with Gasteiger partial charge in [0.15, 0.2) is 0 Å². The van der Waals surface area contributed by atoms with Gasteiger partial charge in [0.05, 0.1) is 11.2 Å². The van der Waals surface area contributed by atoms with Crippen molar-refractivity contribution in [2.24, 2.45) is 0 Å². The van der Waals surface area contributed by atoms with Crippen LogP contribution in [0.25, 0.3) is 33.2 Å². The molecule has 0 atom stereocenters. The Labute approximate surface area is 117 Å². The van der Waals surface area contributed by atoms with E-state index in [4.69, 9.17) is 0 Å². The van der Waals surface area contributed by atoms with Crippen LogP contribution in [0.15, 0.2) is 42.7 Å². The average Bonchev–Trinajstić information content (AvgIpc) is 2.83. The lowest BCUT2D eigenvalue weighted by molar-refractivity contribution is 0.513. The van der Waals surface area contributed by atoms with Crippen molar-refractivity contribution in [3.05, 3.63) is 54.6 Å². The molecule has 0 aromatic carbocycles. The van der Waals surface area contributed by atoms with Crippen molar-refractivity contribution in [3.63, 3.8) is 0 Å². The molecule has 102 valence electrons. The van der Waals surface area contributed by atoms with E-state index in [1.807, 2.05) is 12.1 Å². The quantitative estimate of drug-likeness (QED) is 0.544. The number of rotatable bonds is 1. The molecule has 0 unspecified atom stereocenters. The predicted molar refractivity (Wildman–Crippen MR) is 74.5 cm³/mol. The van der Waals surface area contributed by atoms with Gasteiger partial charge in [-0.15, -0.1) is 0 Å². The molecule has 4 heterocycles. The molecule has 4 rings (SSSR count). The van der Waals surface area contributed by atoms with Crippen LogP contribution in [0.2, 0.25) is 0 Å². The Balaban J connectivity index is 1.96. The third kappa shape index (κ3) is 1.92. The lowest BCUT2D eigenvalue weighted by Gasteiger charge is -2.01. The summed E-state index contributed by atoms with van der Waals surface area (Å²) in [4.78, 5) is 14.7. The molecule has 0 aliphatic rings. The third-order valence-corrected chi connectivity index (χ3v) is 3.32. The number of halogens is 2. The number of pyridine rings is 3. The van der Waals surface area contributed by atoms with E-state index in [9.17, 15) is 8.78 Å². The molecule has 0 aliphatic carbocycles. The molecule has 4 aromatic rings. The number of hydrogen-bond donors (Lipinski definition) is 1. The zero-order valence-electron chi connectivity index (χ0n) is 10.6. The van der Waals surface area contributed by atoms with Crippen LogP contribution in [0.1, 0.15) is 0 Å². The summed E-state index contributed by atoms with van der Waals surface area (Å²) in [6.45, 7) is 0. The highest BCUT2D eigenvalue weighted by Gasteiger charge is 2.09. The Morgan fingerprint density at radius 3 is 2.52 bits per heavy atom. The summed E-state index contributed by atoms with van der Waals surface area (Å²) < 4.78 is 26.4. The van der Waals surface area contributed by atoms with Gasteiger partial charge in [-0.25, -0.2) is 4.98 Å². The van der Waals surface area contributed by atoms with E-state index < -0.39 is 11.9 Å². The van der Waals surface area contributed by atoms with Crippen molar-refractivity contribution in [1.29, 1.82) is 0 Å². The maximum absolute atomic E-state index is 13.2. The smallest absolute Gasteiger partial charge is 0.216 e. The Morgan fingerprint density at radius 1 is 0.905 bits per heavy atom. The van der Waals surface area contributed by atoms with Crippen LogP contribution in [0, 0.1) is 11.9 Å². The highest BCUT2D eigenvalue weighted by molar-refractivity contribution is 6.05. The SMILES string of the molecule is [19F]c1cc(-c2ccc3c(n2)[nH]c2ccncc23)cc([19F])n1. The first-order chi connectivity index (χ1) is 10.2. The molecule has 0 spiro atoms. The second kappa shape index (κ2) is 4.31. The topological polar surface area (TPSA) is 54.5 Å². The molecule has 6 heteroatoms. The van der Waals surface area contributed by atoms with Gasteiger partial charge in [0.1, 0.15) is 5.65 Å².